The maximum absolute atomic E-state index is 12.7. The number of ether oxygens (including phenoxy) is 1. The van der Waals surface area contributed by atoms with E-state index in [1.54, 1.807) is 0 Å². The molecule has 156 valence electrons. The zero-order chi connectivity index (χ0) is 20.9. The van der Waals surface area contributed by atoms with E-state index in [1.807, 2.05) is 31.2 Å². The minimum absolute atomic E-state index is 0.0314. The Morgan fingerprint density at radius 1 is 1.07 bits per heavy atom. The molecule has 7 heteroatoms. The van der Waals surface area contributed by atoms with Crippen LogP contribution < -0.4 is 5.32 Å². The first-order valence-electron chi connectivity index (χ1n) is 9.63. The highest BCUT2D eigenvalue weighted by molar-refractivity contribution is 5.79. The summed E-state index contributed by atoms with van der Waals surface area (Å²) in [5, 5.41) is 3.05. The highest BCUT2D eigenvalue weighted by atomic mass is 19.4. The lowest BCUT2D eigenvalue weighted by molar-refractivity contribution is -0.137. The van der Waals surface area contributed by atoms with Crippen molar-refractivity contribution in [1.29, 1.82) is 0 Å². The second-order valence-electron chi connectivity index (χ2n) is 7.32. The first-order valence-corrected chi connectivity index (χ1v) is 9.63. The van der Waals surface area contributed by atoms with Gasteiger partial charge < -0.3 is 10.1 Å². The molecule has 0 saturated carbocycles. The van der Waals surface area contributed by atoms with Crippen molar-refractivity contribution in [2.45, 2.75) is 25.6 Å². The molecule has 1 N–H and O–H groups in total. The maximum Gasteiger partial charge on any atom is 0.416 e. The van der Waals surface area contributed by atoms with Crippen LogP contribution in [0, 0.1) is 6.92 Å². The van der Waals surface area contributed by atoms with E-state index in [1.165, 1.54) is 12.1 Å². The number of nitrogens with one attached hydrogen (secondary N) is 1. The molecule has 0 aromatic heterocycles. The second kappa shape index (κ2) is 9.41. The molecule has 0 radical (unpaired) electrons. The number of amides is 1. The number of alkyl halides is 3. The van der Waals surface area contributed by atoms with Crippen LogP contribution in [0.15, 0.2) is 48.5 Å². The normalized spacial score (nSPS) is 16.4. The topological polar surface area (TPSA) is 41.6 Å². The number of hydrogen-bond acceptors (Lipinski definition) is 3. The smallest absolute Gasteiger partial charge is 0.379 e. The average molecular weight is 406 g/mol. The Bertz CT molecular complexity index is 798. The quantitative estimate of drug-likeness (QED) is 0.795. The number of carbonyl (C=O) groups is 1. The molecule has 1 aliphatic rings. The summed E-state index contributed by atoms with van der Waals surface area (Å²) in [4.78, 5) is 14.9. The van der Waals surface area contributed by atoms with E-state index in [4.69, 9.17) is 4.74 Å². The second-order valence-corrected chi connectivity index (χ2v) is 7.32. The molecule has 2 aromatic rings. The summed E-state index contributed by atoms with van der Waals surface area (Å²) in [6.45, 7) is 5.60. The molecule has 29 heavy (non-hydrogen) atoms. The van der Waals surface area contributed by atoms with Gasteiger partial charge in [-0.05, 0) is 30.2 Å². The van der Waals surface area contributed by atoms with Gasteiger partial charge in [0, 0.05) is 19.6 Å². The fourth-order valence-corrected chi connectivity index (χ4v) is 3.32. The van der Waals surface area contributed by atoms with Crippen LogP contribution in [0.25, 0.3) is 0 Å². The molecule has 0 spiro atoms. The molecule has 1 fully saturated rings. The predicted octanol–water partition coefficient (Wildman–Crippen LogP) is 3.75. The molecule has 0 bridgehead atoms. The van der Waals surface area contributed by atoms with Gasteiger partial charge >= 0.3 is 6.18 Å². The van der Waals surface area contributed by atoms with E-state index < -0.39 is 11.7 Å². The lowest BCUT2D eigenvalue weighted by Gasteiger charge is -2.31. The lowest BCUT2D eigenvalue weighted by Crippen LogP contribution is -2.43. The number of rotatable bonds is 6. The Hall–Kier alpha value is -2.38. The molecule has 3 rings (SSSR count). The van der Waals surface area contributed by atoms with Crippen LogP contribution in [0.3, 0.4) is 0 Å². The number of hydrogen-bond donors (Lipinski definition) is 1. The standard InChI is InChI=1S/C22H25F3N2O2/c1-16-2-6-18(7-3-16)20(15-27-10-12-29-13-11-27)26-21(28)14-17-4-8-19(9-5-17)22(23,24)25/h2-9,20H,10-15H2,1H3,(H,26,28)/t20-/m1/s1. The van der Waals surface area contributed by atoms with E-state index in [9.17, 15) is 18.0 Å². The van der Waals surface area contributed by atoms with Crippen molar-refractivity contribution in [1.82, 2.24) is 10.2 Å². The molecule has 2 aromatic carbocycles. The lowest BCUT2D eigenvalue weighted by atomic mass is 10.0. The third-order valence-electron chi connectivity index (χ3n) is 5.01. The molecular formula is C22H25F3N2O2. The average Bonchev–Trinajstić information content (AvgIpc) is 2.68. The SMILES string of the molecule is Cc1ccc([C@@H](CN2CCOCC2)NC(=O)Cc2ccc(C(F)(F)F)cc2)cc1. The van der Waals surface area contributed by atoms with Gasteiger partial charge in [-0.1, -0.05) is 42.0 Å². The van der Waals surface area contributed by atoms with Crippen LogP contribution in [0.4, 0.5) is 13.2 Å². The van der Waals surface area contributed by atoms with Crippen LogP contribution in [-0.4, -0.2) is 43.7 Å². The summed E-state index contributed by atoms with van der Waals surface area (Å²) in [6, 6.07) is 12.5. The van der Waals surface area contributed by atoms with Gasteiger partial charge in [0.2, 0.25) is 5.91 Å². The van der Waals surface area contributed by atoms with Crippen molar-refractivity contribution in [3.8, 4) is 0 Å². The minimum atomic E-state index is -4.38. The molecule has 1 atom stereocenters. The Kier molecular flexibility index (Phi) is 6.92. The Morgan fingerprint density at radius 3 is 2.28 bits per heavy atom. The van der Waals surface area contributed by atoms with Crippen molar-refractivity contribution < 1.29 is 22.7 Å². The zero-order valence-corrected chi connectivity index (χ0v) is 16.3. The van der Waals surface area contributed by atoms with E-state index in [-0.39, 0.29) is 18.4 Å². The van der Waals surface area contributed by atoms with Gasteiger partial charge in [0.05, 0.1) is 31.2 Å². The van der Waals surface area contributed by atoms with Gasteiger partial charge in [-0.25, -0.2) is 0 Å². The molecule has 0 unspecified atom stereocenters. The molecule has 1 aliphatic heterocycles. The highest BCUT2D eigenvalue weighted by Gasteiger charge is 2.30. The van der Waals surface area contributed by atoms with Crippen LogP contribution in [-0.2, 0) is 22.1 Å². The largest absolute Gasteiger partial charge is 0.416 e. The van der Waals surface area contributed by atoms with Crippen molar-refractivity contribution in [2.24, 2.45) is 0 Å². The van der Waals surface area contributed by atoms with Crippen LogP contribution in [0.5, 0.6) is 0 Å². The van der Waals surface area contributed by atoms with Gasteiger partial charge in [0.25, 0.3) is 0 Å². The first-order chi connectivity index (χ1) is 13.8. The van der Waals surface area contributed by atoms with E-state index in [0.29, 0.717) is 25.3 Å². The maximum atomic E-state index is 12.7. The van der Waals surface area contributed by atoms with E-state index in [0.717, 1.165) is 36.3 Å². The zero-order valence-electron chi connectivity index (χ0n) is 16.3. The first kappa shape index (κ1) is 21.3. The van der Waals surface area contributed by atoms with E-state index in [2.05, 4.69) is 10.2 Å². The van der Waals surface area contributed by atoms with Gasteiger partial charge in [0.15, 0.2) is 0 Å². The van der Waals surface area contributed by atoms with Crippen molar-refractivity contribution in [3.63, 3.8) is 0 Å². The Labute approximate surface area is 168 Å². The summed E-state index contributed by atoms with van der Waals surface area (Å²) in [6.07, 6.45) is -4.35. The van der Waals surface area contributed by atoms with Gasteiger partial charge in [-0.2, -0.15) is 13.2 Å². The van der Waals surface area contributed by atoms with Gasteiger partial charge in [-0.15, -0.1) is 0 Å². The predicted molar refractivity (Wildman–Crippen MR) is 104 cm³/mol. The fourth-order valence-electron chi connectivity index (χ4n) is 3.32. The molecule has 0 aliphatic carbocycles. The molecule has 4 nitrogen and oxygen atoms in total. The number of carbonyl (C=O) groups excluding carboxylic acids is 1. The molecule has 1 amide bonds. The summed E-state index contributed by atoms with van der Waals surface area (Å²) in [5.41, 5.74) is 1.97. The third-order valence-corrected chi connectivity index (χ3v) is 5.01. The van der Waals surface area contributed by atoms with Crippen LogP contribution >= 0.6 is 0 Å². The number of halogens is 3. The fraction of sp³-hybridized carbons (Fsp3) is 0.409. The van der Waals surface area contributed by atoms with Crippen molar-refractivity contribution in [3.05, 3.63) is 70.8 Å². The van der Waals surface area contributed by atoms with E-state index >= 15 is 0 Å². The molecular weight excluding hydrogens is 381 g/mol. The van der Waals surface area contributed by atoms with Gasteiger partial charge in [-0.3, -0.25) is 9.69 Å². The summed E-state index contributed by atoms with van der Waals surface area (Å²) < 4.78 is 43.5. The van der Waals surface area contributed by atoms with Gasteiger partial charge in [0.1, 0.15) is 0 Å². The molecule has 1 heterocycles. The number of nitrogens with zero attached hydrogens (tertiary/aromatic N) is 1. The summed E-state index contributed by atoms with van der Waals surface area (Å²) in [7, 11) is 0. The number of aryl methyl sites for hydroxylation is 1. The van der Waals surface area contributed by atoms with Crippen molar-refractivity contribution >= 4 is 5.91 Å². The van der Waals surface area contributed by atoms with Crippen LogP contribution in [0.1, 0.15) is 28.3 Å². The summed E-state index contributed by atoms with van der Waals surface area (Å²) in [5.74, 6) is -0.219. The number of benzene rings is 2. The Morgan fingerprint density at radius 2 is 1.69 bits per heavy atom. The van der Waals surface area contributed by atoms with Crippen molar-refractivity contribution in [2.75, 3.05) is 32.8 Å². The third kappa shape index (κ3) is 6.30. The van der Waals surface area contributed by atoms with Crippen LogP contribution in [0.2, 0.25) is 0 Å². The minimum Gasteiger partial charge on any atom is -0.379 e. The summed E-state index contributed by atoms with van der Waals surface area (Å²) >= 11 is 0. The Balaban J connectivity index is 1.67. The number of morpholine rings is 1. The molecule has 1 saturated heterocycles. The monoisotopic (exact) mass is 406 g/mol. The highest BCUT2D eigenvalue weighted by Crippen LogP contribution is 2.29.